The Morgan fingerprint density at radius 3 is 2.60 bits per heavy atom. The molecule has 4 heteroatoms. The van der Waals surface area contributed by atoms with Crippen LogP contribution in [0.25, 0.3) is 0 Å². The molecule has 1 saturated heterocycles. The van der Waals surface area contributed by atoms with Crippen LogP contribution in [0.15, 0.2) is 0 Å². The van der Waals surface area contributed by atoms with Gasteiger partial charge in [-0.3, -0.25) is 4.79 Å². The highest BCUT2D eigenvalue weighted by Gasteiger charge is 2.36. The van der Waals surface area contributed by atoms with Gasteiger partial charge in [0.2, 0.25) is 0 Å². The maximum atomic E-state index is 10.5. The lowest BCUT2D eigenvalue weighted by Crippen LogP contribution is -2.31. The van der Waals surface area contributed by atoms with Gasteiger partial charge in [0, 0.05) is 0 Å². The monoisotopic (exact) mass is 146 g/mol. The molecular formula is C6H10O4. The number of esters is 1. The van der Waals surface area contributed by atoms with Gasteiger partial charge >= 0.3 is 5.97 Å². The van der Waals surface area contributed by atoms with Gasteiger partial charge in [0.15, 0.2) is 6.10 Å². The molecule has 1 aliphatic rings. The first kappa shape index (κ1) is 7.50. The van der Waals surface area contributed by atoms with Crippen LogP contribution in [-0.2, 0) is 9.53 Å². The van der Waals surface area contributed by atoms with E-state index in [-0.39, 0.29) is 6.42 Å². The standard InChI is InChI=1S/C6H10O4/c1-3(7)6-4(8)2-5(9)10-6/h3-4,6-8H,2H2,1H3/t3-,4+,6-/m1/s1. The molecule has 0 aliphatic carbocycles. The van der Waals surface area contributed by atoms with E-state index in [2.05, 4.69) is 4.74 Å². The molecule has 0 bridgehead atoms. The van der Waals surface area contributed by atoms with E-state index in [1.54, 1.807) is 0 Å². The summed E-state index contributed by atoms with van der Waals surface area (Å²) in [6.07, 6.45) is -2.36. The molecule has 2 N–H and O–H groups in total. The average molecular weight is 146 g/mol. The van der Waals surface area contributed by atoms with Gasteiger partial charge in [0.1, 0.15) is 6.10 Å². The first-order valence-corrected chi connectivity index (χ1v) is 3.17. The zero-order valence-corrected chi connectivity index (χ0v) is 5.65. The maximum Gasteiger partial charge on any atom is 0.309 e. The Kier molecular flexibility index (Phi) is 1.92. The number of cyclic esters (lactones) is 1. The molecule has 3 atom stereocenters. The summed E-state index contributed by atoms with van der Waals surface area (Å²) in [6, 6.07) is 0. The summed E-state index contributed by atoms with van der Waals surface area (Å²) in [6.45, 7) is 1.48. The van der Waals surface area contributed by atoms with E-state index in [0.717, 1.165) is 0 Å². The summed E-state index contributed by atoms with van der Waals surface area (Å²) < 4.78 is 4.60. The Morgan fingerprint density at radius 1 is 1.80 bits per heavy atom. The molecule has 0 unspecified atom stereocenters. The van der Waals surface area contributed by atoms with Crippen molar-refractivity contribution in [2.24, 2.45) is 0 Å². The third-order valence-corrected chi connectivity index (χ3v) is 1.50. The summed E-state index contributed by atoms with van der Waals surface area (Å²) in [5.74, 6) is -0.446. The number of hydrogen-bond donors (Lipinski definition) is 2. The SMILES string of the molecule is C[C@@H](O)[C@H]1OC(=O)C[C@@H]1O. The molecule has 10 heavy (non-hydrogen) atoms. The number of hydrogen-bond acceptors (Lipinski definition) is 4. The number of ether oxygens (including phenoxy) is 1. The second-order valence-corrected chi connectivity index (χ2v) is 2.47. The number of carbonyl (C=O) groups excluding carboxylic acids is 1. The first-order chi connectivity index (χ1) is 4.61. The van der Waals surface area contributed by atoms with Crippen molar-refractivity contribution in [3.63, 3.8) is 0 Å². The Labute approximate surface area is 58.4 Å². The topological polar surface area (TPSA) is 66.8 Å². The molecule has 0 amide bonds. The fourth-order valence-electron chi connectivity index (χ4n) is 0.985. The van der Waals surface area contributed by atoms with Gasteiger partial charge in [0.05, 0.1) is 12.5 Å². The lowest BCUT2D eigenvalue weighted by atomic mass is 10.1. The average Bonchev–Trinajstić information content (AvgIpc) is 2.10. The lowest BCUT2D eigenvalue weighted by molar-refractivity contribution is -0.146. The van der Waals surface area contributed by atoms with Crippen molar-refractivity contribution in [1.29, 1.82) is 0 Å². The smallest absolute Gasteiger partial charge is 0.309 e. The fourth-order valence-corrected chi connectivity index (χ4v) is 0.985. The van der Waals surface area contributed by atoms with Crippen LogP contribution >= 0.6 is 0 Å². The highest BCUT2D eigenvalue weighted by Crippen LogP contribution is 2.17. The van der Waals surface area contributed by atoms with Crippen molar-refractivity contribution in [2.45, 2.75) is 31.7 Å². The Hall–Kier alpha value is -0.610. The van der Waals surface area contributed by atoms with Gasteiger partial charge in [-0.2, -0.15) is 0 Å². The molecule has 0 aromatic carbocycles. The van der Waals surface area contributed by atoms with Crippen LogP contribution in [0.5, 0.6) is 0 Å². The first-order valence-electron chi connectivity index (χ1n) is 3.17. The summed E-state index contributed by atoms with van der Waals surface area (Å²) >= 11 is 0. The fraction of sp³-hybridized carbons (Fsp3) is 0.833. The summed E-state index contributed by atoms with van der Waals surface area (Å²) in [5.41, 5.74) is 0. The summed E-state index contributed by atoms with van der Waals surface area (Å²) in [7, 11) is 0. The van der Waals surface area contributed by atoms with Crippen LogP contribution in [0.1, 0.15) is 13.3 Å². The molecule has 0 spiro atoms. The van der Waals surface area contributed by atoms with E-state index in [9.17, 15) is 4.79 Å². The molecule has 58 valence electrons. The summed E-state index contributed by atoms with van der Waals surface area (Å²) in [5, 5.41) is 17.9. The molecule has 0 radical (unpaired) electrons. The number of rotatable bonds is 1. The lowest BCUT2D eigenvalue weighted by Gasteiger charge is -2.14. The molecule has 1 aliphatic heterocycles. The highest BCUT2D eigenvalue weighted by molar-refractivity contribution is 5.72. The second kappa shape index (κ2) is 2.56. The molecule has 4 nitrogen and oxygen atoms in total. The quantitative estimate of drug-likeness (QED) is 0.468. The third kappa shape index (κ3) is 1.27. The molecule has 0 aromatic rings. The predicted octanol–water partition coefficient (Wildman–Crippen LogP) is -0.956. The van der Waals surface area contributed by atoms with Crippen LogP contribution in [0.4, 0.5) is 0 Å². The molecule has 0 saturated carbocycles. The predicted molar refractivity (Wildman–Crippen MR) is 32.2 cm³/mol. The largest absolute Gasteiger partial charge is 0.457 e. The van der Waals surface area contributed by atoms with Crippen LogP contribution in [0.3, 0.4) is 0 Å². The zero-order valence-electron chi connectivity index (χ0n) is 5.65. The van der Waals surface area contributed by atoms with Crippen molar-refractivity contribution in [1.82, 2.24) is 0 Å². The zero-order chi connectivity index (χ0) is 7.72. The highest BCUT2D eigenvalue weighted by atomic mass is 16.6. The Morgan fingerprint density at radius 2 is 2.40 bits per heavy atom. The number of aliphatic hydroxyl groups excluding tert-OH is 2. The van der Waals surface area contributed by atoms with E-state index >= 15 is 0 Å². The molecular weight excluding hydrogens is 136 g/mol. The minimum Gasteiger partial charge on any atom is -0.457 e. The van der Waals surface area contributed by atoms with Crippen molar-refractivity contribution >= 4 is 5.97 Å². The van der Waals surface area contributed by atoms with E-state index in [0.29, 0.717) is 0 Å². The normalized spacial score (nSPS) is 35.7. The van der Waals surface area contributed by atoms with E-state index in [4.69, 9.17) is 10.2 Å². The minimum atomic E-state index is -0.840. The summed E-state index contributed by atoms with van der Waals surface area (Å²) in [4.78, 5) is 10.5. The van der Waals surface area contributed by atoms with E-state index in [1.165, 1.54) is 6.92 Å². The van der Waals surface area contributed by atoms with Crippen molar-refractivity contribution in [2.75, 3.05) is 0 Å². The van der Waals surface area contributed by atoms with Gasteiger partial charge in [-0.05, 0) is 6.92 Å². The molecule has 1 fully saturated rings. The molecule has 1 rings (SSSR count). The third-order valence-electron chi connectivity index (χ3n) is 1.50. The molecule has 0 aromatic heterocycles. The van der Waals surface area contributed by atoms with Gasteiger partial charge in [-0.15, -0.1) is 0 Å². The molecule has 1 heterocycles. The van der Waals surface area contributed by atoms with Crippen LogP contribution < -0.4 is 0 Å². The van der Waals surface area contributed by atoms with Gasteiger partial charge in [-0.1, -0.05) is 0 Å². The van der Waals surface area contributed by atoms with Crippen LogP contribution in [0, 0.1) is 0 Å². The van der Waals surface area contributed by atoms with Gasteiger partial charge in [-0.25, -0.2) is 0 Å². The van der Waals surface area contributed by atoms with Crippen molar-refractivity contribution in [3.05, 3.63) is 0 Å². The Balaban J connectivity index is 2.54. The van der Waals surface area contributed by atoms with Crippen molar-refractivity contribution < 1.29 is 19.7 Å². The minimum absolute atomic E-state index is 0.00440. The van der Waals surface area contributed by atoms with Crippen molar-refractivity contribution in [3.8, 4) is 0 Å². The van der Waals surface area contributed by atoms with Gasteiger partial charge < -0.3 is 14.9 Å². The van der Waals surface area contributed by atoms with Gasteiger partial charge in [0.25, 0.3) is 0 Å². The van der Waals surface area contributed by atoms with Crippen LogP contribution in [-0.4, -0.2) is 34.5 Å². The number of aliphatic hydroxyl groups is 2. The van der Waals surface area contributed by atoms with E-state index in [1.807, 2.05) is 0 Å². The van der Waals surface area contributed by atoms with E-state index < -0.39 is 24.3 Å². The second-order valence-electron chi connectivity index (χ2n) is 2.47. The number of carbonyl (C=O) groups is 1. The van der Waals surface area contributed by atoms with Crippen LogP contribution in [0.2, 0.25) is 0 Å². The Bertz CT molecular complexity index is 143. The maximum absolute atomic E-state index is 10.5.